The fourth-order valence-corrected chi connectivity index (χ4v) is 3.49. The molecule has 0 N–H and O–H groups in total. The van der Waals surface area contributed by atoms with Crippen LogP contribution in [0.3, 0.4) is 0 Å². The quantitative estimate of drug-likeness (QED) is 0.618. The monoisotopic (exact) mass is 392 g/mol. The molecule has 0 amide bonds. The summed E-state index contributed by atoms with van der Waals surface area (Å²) in [5.41, 5.74) is 1.72. The van der Waals surface area contributed by atoms with E-state index in [0.717, 1.165) is 14.5 Å². The highest BCUT2D eigenvalue weighted by molar-refractivity contribution is 9.11. The Kier molecular flexibility index (Phi) is 4.08. The van der Waals surface area contributed by atoms with E-state index in [4.69, 9.17) is 11.6 Å². The van der Waals surface area contributed by atoms with E-state index in [2.05, 4.69) is 31.9 Å². The van der Waals surface area contributed by atoms with Crippen molar-refractivity contribution in [2.45, 2.75) is 6.92 Å². The Balaban J connectivity index is 2.47. The zero-order valence-electron chi connectivity index (χ0n) is 8.76. The first-order valence-electron chi connectivity index (χ1n) is 4.74. The van der Waals surface area contributed by atoms with Crippen LogP contribution in [0, 0.1) is 6.92 Å². The molecule has 0 aliphatic rings. The van der Waals surface area contributed by atoms with Crippen LogP contribution in [0.1, 0.15) is 20.8 Å². The highest BCUT2D eigenvalue weighted by Crippen LogP contribution is 2.34. The van der Waals surface area contributed by atoms with Gasteiger partial charge in [-0.1, -0.05) is 39.2 Å². The standard InChI is InChI=1S/C12H7Br2ClOS/c1-6-2-3-8(13)7(4-6)11(16)10-5-9(14)12(15)17-10/h2-5H,1H3. The molecule has 0 unspecified atom stereocenters. The second kappa shape index (κ2) is 5.22. The lowest BCUT2D eigenvalue weighted by molar-refractivity contribution is 0.104. The number of benzene rings is 1. The van der Waals surface area contributed by atoms with Gasteiger partial charge in [0.25, 0.3) is 0 Å². The van der Waals surface area contributed by atoms with Crippen molar-refractivity contribution in [3.63, 3.8) is 0 Å². The van der Waals surface area contributed by atoms with E-state index in [-0.39, 0.29) is 5.78 Å². The lowest BCUT2D eigenvalue weighted by Crippen LogP contribution is -2.00. The maximum Gasteiger partial charge on any atom is 0.204 e. The van der Waals surface area contributed by atoms with Crippen molar-refractivity contribution in [3.8, 4) is 0 Å². The van der Waals surface area contributed by atoms with Crippen LogP contribution in [0.5, 0.6) is 0 Å². The van der Waals surface area contributed by atoms with E-state index in [1.807, 2.05) is 25.1 Å². The topological polar surface area (TPSA) is 17.1 Å². The van der Waals surface area contributed by atoms with Crippen LogP contribution in [0.15, 0.2) is 33.2 Å². The number of thiophene rings is 1. The van der Waals surface area contributed by atoms with Gasteiger partial charge in [-0.3, -0.25) is 4.79 Å². The summed E-state index contributed by atoms with van der Waals surface area (Å²) in [5, 5.41) is 0. The molecular weight excluding hydrogens is 387 g/mol. The van der Waals surface area contributed by atoms with E-state index in [1.54, 1.807) is 6.07 Å². The van der Waals surface area contributed by atoms with Gasteiger partial charge in [0.1, 0.15) is 4.34 Å². The number of ketones is 1. The fraction of sp³-hybridized carbons (Fsp3) is 0.0833. The lowest BCUT2D eigenvalue weighted by atomic mass is 10.1. The molecule has 5 heteroatoms. The van der Waals surface area contributed by atoms with Crippen LogP contribution in [-0.4, -0.2) is 5.78 Å². The molecule has 0 radical (unpaired) electrons. The van der Waals surface area contributed by atoms with Crippen LogP contribution in [0.4, 0.5) is 0 Å². The number of carbonyl (C=O) groups is 1. The molecular formula is C12H7Br2ClOS. The van der Waals surface area contributed by atoms with Crippen molar-refractivity contribution < 1.29 is 4.79 Å². The summed E-state index contributed by atoms with van der Waals surface area (Å²) >= 11 is 13.9. The maximum atomic E-state index is 12.3. The maximum absolute atomic E-state index is 12.3. The van der Waals surface area contributed by atoms with Gasteiger partial charge in [0.05, 0.1) is 4.88 Å². The van der Waals surface area contributed by atoms with Gasteiger partial charge in [-0.2, -0.15) is 0 Å². The molecule has 0 bridgehead atoms. The number of halogens is 3. The van der Waals surface area contributed by atoms with Crippen molar-refractivity contribution in [1.82, 2.24) is 0 Å². The average Bonchev–Trinajstić information content (AvgIpc) is 2.62. The summed E-state index contributed by atoms with van der Waals surface area (Å²) in [6.07, 6.45) is 0. The highest BCUT2D eigenvalue weighted by Gasteiger charge is 2.16. The van der Waals surface area contributed by atoms with Gasteiger partial charge in [-0.25, -0.2) is 0 Å². The Morgan fingerprint density at radius 2 is 1.94 bits per heavy atom. The van der Waals surface area contributed by atoms with E-state index in [9.17, 15) is 4.79 Å². The summed E-state index contributed by atoms with van der Waals surface area (Å²) < 4.78 is 2.15. The summed E-state index contributed by atoms with van der Waals surface area (Å²) in [6.45, 7) is 1.96. The Labute approximate surface area is 125 Å². The van der Waals surface area contributed by atoms with E-state index >= 15 is 0 Å². The van der Waals surface area contributed by atoms with Crippen molar-refractivity contribution >= 4 is 60.6 Å². The molecule has 17 heavy (non-hydrogen) atoms. The van der Waals surface area contributed by atoms with Crippen molar-refractivity contribution in [2.75, 3.05) is 0 Å². The predicted octanol–water partition coefficient (Wildman–Crippen LogP) is 5.47. The first-order chi connectivity index (χ1) is 7.99. The number of rotatable bonds is 2. The third kappa shape index (κ3) is 2.81. The van der Waals surface area contributed by atoms with Crippen LogP contribution in [0.25, 0.3) is 0 Å². The number of hydrogen-bond acceptors (Lipinski definition) is 2. The molecule has 1 aromatic heterocycles. The third-order valence-electron chi connectivity index (χ3n) is 2.24. The van der Waals surface area contributed by atoms with Gasteiger partial charge in [0.15, 0.2) is 0 Å². The molecule has 0 fully saturated rings. The Morgan fingerprint density at radius 3 is 2.53 bits per heavy atom. The molecule has 88 valence electrons. The molecule has 2 aromatic rings. The predicted molar refractivity (Wildman–Crippen MR) is 79.3 cm³/mol. The number of hydrogen-bond donors (Lipinski definition) is 0. The minimum atomic E-state index is -0.0156. The van der Waals surface area contributed by atoms with E-state index in [0.29, 0.717) is 14.8 Å². The number of aryl methyl sites for hydroxylation is 1. The normalized spacial score (nSPS) is 10.6. The second-order valence-electron chi connectivity index (χ2n) is 3.54. The Bertz CT molecular complexity index is 573. The zero-order chi connectivity index (χ0) is 12.6. The third-order valence-corrected chi connectivity index (χ3v) is 5.40. The van der Waals surface area contributed by atoms with Crippen molar-refractivity contribution in [2.24, 2.45) is 0 Å². The molecule has 0 saturated heterocycles. The van der Waals surface area contributed by atoms with Crippen LogP contribution in [-0.2, 0) is 0 Å². The SMILES string of the molecule is Cc1ccc(Br)c(C(=O)c2cc(Br)c(Cl)s2)c1. The van der Waals surface area contributed by atoms with Crippen molar-refractivity contribution in [3.05, 3.63) is 53.6 Å². The second-order valence-corrected chi connectivity index (χ2v) is 6.91. The van der Waals surface area contributed by atoms with Gasteiger partial charge in [0, 0.05) is 14.5 Å². The molecule has 0 saturated carbocycles. The highest BCUT2D eigenvalue weighted by atomic mass is 79.9. The average molecular weight is 395 g/mol. The van der Waals surface area contributed by atoms with Gasteiger partial charge in [-0.15, -0.1) is 11.3 Å². The van der Waals surface area contributed by atoms with Crippen LogP contribution >= 0.6 is 54.8 Å². The van der Waals surface area contributed by atoms with Gasteiger partial charge >= 0.3 is 0 Å². The fourth-order valence-electron chi connectivity index (χ4n) is 1.40. The summed E-state index contributed by atoms with van der Waals surface area (Å²) in [7, 11) is 0. The van der Waals surface area contributed by atoms with Gasteiger partial charge in [0.2, 0.25) is 5.78 Å². The summed E-state index contributed by atoms with van der Waals surface area (Å²) in [4.78, 5) is 12.9. The first kappa shape index (κ1) is 13.3. The smallest absolute Gasteiger partial charge is 0.204 e. The molecule has 0 aliphatic carbocycles. The molecule has 0 spiro atoms. The van der Waals surface area contributed by atoms with Crippen LogP contribution < -0.4 is 0 Å². The largest absolute Gasteiger partial charge is 0.288 e. The van der Waals surface area contributed by atoms with Gasteiger partial charge < -0.3 is 0 Å². The molecule has 0 atom stereocenters. The molecule has 0 aliphatic heterocycles. The van der Waals surface area contributed by atoms with E-state index < -0.39 is 0 Å². The number of carbonyl (C=O) groups excluding carboxylic acids is 1. The minimum Gasteiger partial charge on any atom is -0.288 e. The molecule has 1 nitrogen and oxygen atoms in total. The molecule has 2 rings (SSSR count). The molecule has 1 heterocycles. The lowest BCUT2D eigenvalue weighted by Gasteiger charge is -2.03. The Morgan fingerprint density at radius 1 is 1.24 bits per heavy atom. The minimum absolute atomic E-state index is 0.0156. The van der Waals surface area contributed by atoms with Gasteiger partial charge in [-0.05, 0) is 41.1 Å². The van der Waals surface area contributed by atoms with Crippen LogP contribution in [0.2, 0.25) is 4.34 Å². The first-order valence-corrected chi connectivity index (χ1v) is 7.53. The van der Waals surface area contributed by atoms with Crippen molar-refractivity contribution in [1.29, 1.82) is 0 Å². The van der Waals surface area contributed by atoms with E-state index in [1.165, 1.54) is 11.3 Å². The summed E-state index contributed by atoms with van der Waals surface area (Å²) in [6, 6.07) is 7.46. The summed E-state index contributed by atoms with van der Waals surface area (Å²) in [5.74, 6) is -0.0156. The zero-order valence-corrected chi connectivity index (χ0v) is 13.5. The Hall–Kier alpha value is -0.160. The molecule has 1 aromatic carbocycles.